The smallest absolute Gasteiger partial charge is 0.316 e. The summed E-state index contributed by atoms with van der Waals surface area (Å²) in [5, 5.41) is 14.8. The summed E-state index contributed by atoms with van der Waals surface area (Å²) in [5.74, 6) is 0.536. The SMILES string of the molecule is NC(=O)Nc1cc(Cl)ccc1OCC(O)C1CCN(Cc2ccc(Cl)cc2Cl)CC1. The van der Waals surface area contributed by atoms with Crippen molar-refractivity contribution in [1.82, 2.24) is 4.90 Å². The van der Waals surface area contributed by atoms with E-state index in [-0.39, 0.29) is 12.5 Å². The number of aliphatic hydroxyl groups is 1. The second-order valence-corrected chi connectivity index (χ2v) is 8.64. The van der Waals surface area contributed by atoms with Crippen molar-refractivity contribution >= 4 is 46.5 Å². The van der Waals surface area contributed by atoms with Crippen molar-refractivity contribution in [3.8, 4) is 5.75 Å². The molecule has 2 amide bonds. The number of aliphatic hydroxyl groups excluding tert-OH is 1. The molecule has 0 bridgehead atoms. The molecular formula is C21H24Cl3N3O3. The Balaban J connectivity index is 1.50. The Hall–Kier alpha value is -1.70. The highest BCUT2D eigenvalue weighted by molar-refractivity contribution is 6.35. The van der Waals surface area contributed by atoms with Crippen LogP contribution < -0.4 is 15.8 Å². The van der Waals surface area contributed by atoms with Crippen molar-refractivity contribution in [2.75, 3.05) is 25.0 Å². The average Bonchev–Trinajstić information content (AvgIpc) is 2.69. The summed E-state index contributed by atoms with van der Waals surface area (Å²) in [4.78, 5) is 13.5. The number of nitrogens with two attached hydrogens (primary N) is 1. The fourth-order valence-corrected chi connectivity index (χ4v) is 4.20. The van der Waals surface area contributed by atoms with E-state index in [2.05, 4.69) is 10.2 Å². The van der Waals surface area contributed by atoms with Gasteiger partial charge in [-0.2, -0.15) is 0 Å². The summed E-state index contributed by atoms with van der Waals surface area (Å²) in [7, 11) is 0. The molecule has 1 aliphatic heterocycles. The van der Waals surface area contributed by atoms with E-state index in [0.717, 1.165) is 38.0 Å². The number of carbonyl (C=O) groups is 1. The first-order chi connectivity index (χ1) is 14.3. The van der Waals surface area contributed by atoms with Gasteiger partial charge in [-0.15, -0.1) is 0 Å². The van der Waals surface area contributed by atoms with Gasteiger partial charge in [0.15, 0.2) is 0 Å². The third kappa shape index (κ3) is 6.40. The number of piperidine rings is 1. The molecule has 0 saturated carbocycles. The maximum absolute atomic E-state index is 11.2. The minimum absolute atomic E-state index is 0.114. The van der Waals surface area contributed by atoms with Crippen LogP contribution in [0.25, 0.3) is 0 Å². The van der Waals surface area contributed by atoms with Crippen LogP contribution in [-0.4, -0.2) is 41.8 Å². The number of halogens is 3. The summed E-state index contributed by atoms with van der Waals surface area (Å²) in [6.45, 7) is 2.58. The van der Waals surface area contributed by atoms with E-state index in [4.69, 9.17) is 45.3 Å². The Morgan fingerprint density at radius 1 is 1.17 bits per heavy atom. The first-order valence-corrected chi connectivity index (χ1v) is 10.8. The number of amides is 2. The van der Waals surface area contributed by atoms with Crippen LogP contribution in [0.5, 0.6) is 5.75 Å². The quantitative estimate of drug-likeness (QED) is 0.541. The molecule has 1 aliphatic rings. The van der Waals surface area contributed by atoms with Gasteiger partial charge < -0.3 is 20.9 Å². The highest BCUT2D eigenvalue weighted by Crippen LogP contribution is 2.30. The number of rotatable bonds is 7. The molecule has 3 rings (SSSR count). The molecule has 1 atom stereocenters. The predicted molar refractivity (Wildman–Crippen MR) is 121 cm³/mol. The molecule has 162 valence electrons. The number of nitrogens with zero attached hydrogens (tertiary/aromatic N) is 1. The van der Waals surface area contributed by atoms with E-state index in [0.29, 0.717) is 26.5 Å². The van der Waals surface area contributed by atoms with Gasteiger partial charge in [-0.25, -0.2) is 4.79 Å². The van der Waals surface area contributed by atoms with Crippen LogP contribution in [0, 0.1) is 5.92 Å². The second-order valence-electron chi connectivity index (χ2n) is 7.36. The topological polar surface area (TPSA) is 87.8 Å². The molecule has 4 N–H and O–H groups in total. The zero-order chi connectivity index (χ0) is 21.7. The zero-order valence-electron chi connectivity index (χ0n) is 16.3. The second kappa shape index (κ2) is 10.6. The zero-order valence-corrected chi connectivity index (χ0v) is 18.6. The fraction of sp³-hybridized carbons (Fsp3) is 0.381. The summed E-state index contributed by atoms with van der Waals surface area (Å²) in [6, 6.07) is 9.67. The largest absolute Gasteiger partial charge is 0.489 e. The van der Waals surface area contributed by atoms with Crippen LogP contribution in [0.4, 0.5) is 10.5 Å². The van der Waals surface area contributed by atoms with Gasteiger partial charge in [0, 0.05) is 21.6 Å². The first-order valence-electron chi connectivity index (χ1n) is 9.65. The van der Waals surface area contributed by atoms with Crippen LogP contribution in [0.3, 0.4) is 0 Å². The number of hydrogen-bond donors (Lipinski definition) is 3. The summed E-state index contributed by atoms with van der Waals surface area (Å²) in [5.41, 5.74) is 6.60. The maximum atomic E-state index is 11.2. The number of carbonyl (C=O) groups excluding carboxylic acids is 1. The number of anilines is 1. The molecule has 0 aliphatic carbocycles. The lowest BCUT2D eigenvalue weighted by Crippen LogP contribution is -2.39. The monoisotopic (exact) mass is 471 g/mol. The lowest BCUT2D eigenvalue weighted by molar-refractivity contribution is 0.0247. The molecule has 0 radical (unpaired) electrons. The minimum atomic E-state index is -0.712. The lowest BCUT2D eigenvalue weighted by atomic mass is 9.91. The third-order valence-electron chi connectivity index (χ3n) is 5.19. The fourth-order valence-electron chi connectivity index (χ4n) is 3.56. The van der Waals surface area contributed by atoms with E-state index >= 15 is 0 Å². The van der Waals surface area contributed by atoms with E-state index in [1.807, 2.05) is 12.1 Å². The van der Waals surface area contributed by atoms with Gasteiger partial charge in [0.05, 0.1) is 11.8 Å². The van der Waals surface area contributed by atoms with Crippen molar-refractivity contribution in [2.24, 2.45) is 11.7 Å². The van der Waals surface area contributed by atoms with Crippen molar-refractivity contribution in [3.63, 3.8) is 0 Å². The molecule has 1 heterocycles. The Kier molecular flexibility index (Phi) is 8.08. The van der Waals surface area contributed by atoms with E-state index in [9.17, 15) is 9.90 Å². The van der Waals surface area contributed by atoms with E-state index < -0.39 is 12.1 Å². The molecular weight excluding hydrogens is 449 g/mol. The number of nitrogens with one attached hydrogen (secondary N) is 1. The Morgan fingerprint density at radius 2 is 1.83 bits per heavy atom. The van der Waals surface area contributed by atoms with Crippen molar-refractivity contribution < 1.29 is 14.6 Å². The maximum Gasteiger partial charge on any atom is 0.316 e. The lowest BCUT2D eigenvalue weighted by Gasteiger charge is -2.34. The molecule has 1 unspecified atom stereocenters. The van der Waals surface area contributed by atoms with Gasteiger partial charge in [0.25, 0.3) is 0 Å². The molecule has 2 aromatic carbocycles. The molecule has 0 aromatic heterocycles. The Morgan fingerprint density at radius 3 is 2.50 bits per heavy atom. The molecule has 2 aromatic rings. The highest BCUT2D eigenvalue weighted by atomic mass is 35.5. The number of ether oxygens (including phenoxy) is 1. The minimum Gasteiger partial charge on any atom is -0.489 e. The summed E-state index contributed by atoms with van der Waals surface area (Å²) >= 11 is 18.2. The average molecular weight is 473 g/mol. The third-order valence-corrected chi connectivity index (χ3v) is 6.02. The van der Waals surface area contributed by atoms with Crippen LogP contribution in [-0.2, 0) is 6.54 Å². The Bertz CT molecular complexity index is 889. The van der Waals surface area contributed by atoms with Crippen molar-refractivity contribution in [2.45, 2.75) is 25.5 Å². The number of primary amides is 1. The van der Waals surface area contributed by atoms with Gasteiger partial charge >= 0.3 is 6.03 Å². The van der Waals surface area contributed by atoms with E-state index in [1.54, 1.807) is 24.3 Å². The highest BCUT2D eigenvalue weighted by Gasteiger charge is 2.26. The predicted octanol–water partition coefficient (Wildman–Crippen LogP) is 4.79. The van der Waals surface area contributed by atoms with Gasteiger partial charge in [-0.05, 0) is 67.7 Å². The number of benzene rings is 2. The van der Waals surface area contributed by atoms with Gasteiger partial charge in [-0.1, -0.05) is 40.9 Å². The van der Waals surface area contributed by atoms with Gasteiger partial charge in [-0.3, -0.25) is 4.90 Å². The van der Waals surface area contributed by atoms with Crippen molar-refractivity contribution in [3.05, 3.63) is 57.0 Å². The number of urea groups is 1. The van der Waals surface area contributed by atoms with Gasteiger partial charge in [0.2, 0.25) is 0 Å². The number of likely N-dealkylation sites (tertiary alicyclic amines) is 1. The molecule has 6 nitrogen and oxygen atoms in total. The molecule has 9 heteroatoms. The van der Waals surface area contributed by atoms with Crippen LogP contribution in [0.1, 0.15) is 18.4 Å². The van der Waals surface area contributed by atoms with Crippen LogP contribution in [0.2, 0.25) is 15.1 Å². The molecule has 1 saturated heterocycles. The Labute approximate surface area is 190 Å². The van der Waals surface area contributed by atoms with Crippen LogP contribution >= 0.6 is 34.8 Å². The summed E-state index contributed by atoms with van der Waals surface area (Å²) in [6.07, 6.45) is 1.08. The van der Waals surface area contributed by atoms with Crippen LogP contribution in [0.15, 0.2) is 36.4 Å². The molecule has 0 spiro atoms. The normalized spacial score (nSPS) is 16.3. The first kappa shape index (κ1) is 23.0. The molecule has 1 fully saturated rings. The van der Waals surface area contributed by atoms with Gasteiger partial charge in [0.1, 0.15) is 12.4 Å². The number of hydrogen-bond acceptors (Lipinski definition) is 4. The van der Waals surface area contributed by atoms with E-state index in [1.165, 1.54) is 0 Å². The standard InChI is InChI=1S/C21H24Cl3N3O3/c22-15-2-1-14(17(24)9-15)11-27-7-5-13(6-8-27)19(28)12-30-20-4-3-16(23)10-18(20)26-21(25)29/h1-4,9-10,13,19,28H,5-8,11-12H2,(H3,25,26,29). The van der Waals surface area contributed by atoms with Crippen molar-refractivity contribution in [1.29, 1.82) is 0 Å². The summed E-state index contributed by atoms with van der Waals surface area (Å²) < 4.78 is 5.73. The molecule has 30 heavy (non-hydrogen) atoms.